The van der Waals surface area contributed by atoms with Gasteiger partial charge in [-0.05, 0) is 48.4 Å². The Bertz CT molecular complexity index is 1410. The molecule has 170 valence electrons. The third-order valence-corrected chi connectivity index (χ3v) is 6.59. The summed E-state index contributed by atoms with van der Waals surface area (Å²) in [5, 5.41) is 11.9. The Labute approximate surface area is 197 Å². The van der Waals surface area contributed by atoms with Crippen LogP contribution in [0.4, 0.5) is 15.8 Å². The summed E-state index contributed by atoms with van der Waals surface area (Å²) < 4.78 is 13.6. The third-order valence-electron chi connectivity index (χ3n) is 6.18. The maximum Gasteiger partial charge on any atom is 0.282 e. The predicted octanol–water partition coefficient (Wildman–Crippen LogP) is 4.45. The first-order valence-corrected chi connectivity index (χ1v) is 10.6. The molecule has 8 nitrogen and oxygen atoms in total. The van der Waals surface area contributed by atoms with E-state index in [0.717, 1.165) is 11.0 Å². The van der Waals surface area contributed by atoms with E-state index in [2.05, 4.69) is 0 Å². The van der Waals surface area contributed by atoms with Gasteiger partial charge >= 0.3 is 0 Å². The van der Waals surface area contributed by atoms with Crippen molar-refractivity contribution in [1.29, 1.82) is 0 Å². The van der Waals surface area contributed by atoms with E-state index in [1.807, 2.05) is 0 Å². The number of halogens is 2. The maximum atomic E-state index is 13.6. The van der Waals surface area contributed by atoms with Crippen molar-refractivity contribution < 1.29 is 23.7 Å². The predicted molar refractivity (Wildman–Crippen MR) is 120 cm³/mol. The number of carbonyl (C=O) groups is 3. The van der Waals surface area contributed by atoms with Crippen molar-refractivity contribution in [2.75, 3.05) is 4.90 Å². The quantitative estimate of drug-likeness (QED) is 0.238. The second-order valence-electron chi connectivity index (χ2n) is 7.97. The Kier molecular flexibility index (Phi) is 4.94. The van der Waals surface area contributed by atoms with Crippen LogP contribution in [0.25, 0.3) is 0 Å². The van der Waals surface area contributed by atoms with Crippen molar-refractivity contribution in [2.24, 2.45) is 0 Å². The molecule has 2 aliphatic heterocycles. The second kappa shape index (κ2) is 7.74. The van der Waals surface area contributed by atoms with E-state index in [0.29, 0.717) is 21.8 Å². The summed E-state index contributed by atoms with van der Waals surface area (Å²) in [6, 6.07) is 12.0. The van der Waals surface area contributed by atoms with Gasteiger partial charge in [0.25, 0.3) is 23.4 Å². The molecule has 10 heteroatoms. The van der Waals surface area contributed by atoms with Crippen molar-refractivity contribution in [3.63, 3.8) is 0 Å². The van der Waals surface area contributed by atoms with Crippen LogP contribution in [-0.2, 0) is 4.79 Å². The summed E-state index contributed by atoms with van der Waals surface area (Å²) in [5.41, 5.74) is 0.581. The molecule has 0 aromatic heterocycles. The summed E-state index contributed by atoms with van der Waals surface area (Å²) in [5.74, 6) is -2.76. The van der Waals surface area contributed by atoms with Gasteiger partial charge in [-0.3, -0.25) is 29.4 Å². The van der Waals surface area contributed by atoms with Crippen LogP contribution in [0.2, 0.25) is 5.02 Å². The molecule has 2 atom stereocenters. The molecule has 2 unspecified atom stereocenters. The Balaban J connectivity index is 1.63. The van der Waals surface area contributed by atoms with Crippen LogP contribution < -0.4 is 4.90 Å². The van der Waals surface area contributed by atoms with Gasteiger partial charge < -0.3 is 4.90 Å². The van der Waals surface area contributed by atoms with Crippen LogP contribution in [0.1, 0.15) is 37.9 Å². The lowest BCUT2D eigenvalue weighted by molar-refractivity contribution is -0.385. The highest BCUT2D eigenvalue weighted by atomic mass is 35.5. The van der Waals surface area contributed by atoms with Gasteiger partial charge in [0.05, 0.1) is 16.5 Å². The molecule has 0 spiro atoms. The van der Waals surface area contributed by atoms with E-state index < -0.39 is 46.2 Å². The Morgan fingerprint density at radius 1 is 0.912 bits per heavy atom. The minimum absolute atomic E-state index is 0.137. The largest absolute Gasteiger partial charge is 0.300 e. The summed E-state index contributed by atoms with van der Waals surface area (Å²) in [4.78, 5) is 52.8. The molecule has 1 fully saturated rings. The number of nitrogens with zero attached hydrogens (tertiary/aromatic N) is 3. The van der Waals surface area contributed by atoms with Gasteiger partial charge in [-0.15, -0.1) is 0 Å². The zero-order chi connectivity index (χ0) is 24.3. The molecular formula is C24H15ClFN3O5. The maximum absolute atomic E-state index is 13.6. The summed E-state index contributed by atoms with van der Waals surface area (Å²) in [6.45, 7) is 1.73. The zero-order valence-electron chi connectivity index (χ0n) is 17.6. The molecule has 34 heavy (non-hydrogen) atoms. The van der Waals surface area contributed by atoms with Gasteiger partial charge in [0.15, 0.2) is 0 Å². The highest BCUT2D eigenvalue weighted by Crippen LogP contribution is 2.46. The second-order valence-corrected chi connectivity index (χ2v) is 8.38. The highest BCUT2D eigenvalue weighted by molar-refractivity contribution is 6.32. The van der Waals surface area contributed by atoms with Crippen LogP contribution >= 0.6 is 11.6 Å². The van der Waals surface area contributed by atoms with Crippen molar-refractivity contribution in [3.05, 3.63) is 104 Å². The molecule has 0 N–H and O–H groups in total. The highest BCUT2D eigenvalue weighted by Gasteiger charge is 2.58. The number of hydrogen-bond donors (Lipinski definition) is 0. The van der Waals surface area contributed by atoms with Crippen molar-refractivity contribution in [1.82, 2.24) is 4.90 Å². The SMILES string of the molecule is Cc1c(Cl)cccc1N1C(=O)C(N2C(=O)c3cccc([N+](=O)[O-])c3C2=O)C1c1ccc(F)cc1. The fraction of sp³-hybridized carbons (Fsp3) is 0.125. The molecule has 3 aromatic rings. The molecule has 0 bridgehead atoms. The Morgan fingerprint density at radius 3 is 2.26 bits per heavy atom. The number of amides is 3. The number of anilines is 1. The number of benzene rings is 3. The van der Waals surface area contributed by atoms with Crippen LogP contribution in [0, 0.1) is 22.9 Å². The van der Waals surface area contributed by atoms with E-state index in [1.54, 1.807) is 25.1 Å². The molecule has 3 amide bonds. The number of carbonyl (C=O) groups excluding carboxylic acids is 3. The van der Waals surface area contributed by atoms with Gasteiger partial charge in [0, 0.05) is 16.8 Å². The first kappa shape index (κ1) is 21.7. The summed E-state index contributed by atoms with van der Waals surface area (Å²) in [6.07, 6.45) is 0. The van der Waals surface area contributed by atoms with Crippen LogP contribution in [0.5, 0.6) is 0 Å². The average molecular weight is 480 g/mol. The van der Waals surface area contributed by atoms with Crippen LogP contribution in [-0.4, -0.2) is 33.6 Å². The number of nitro groups is 1. The van der Waals surface area contributed by atoms with Crippen molar-refractivity contribution in [2.45, 2.75) is 19.0 Å². The minimum atomic E-state index is -1.27. The van der Waals surface area contributed by atoms with E-state index in [4.69, 9.17) is 11.6 Å². The van der Waals surface area contributed by atoms with E-state index >= 15 is 0 Å². The van der Waals surface area contributed by atoms with Crippen LogP contribution in [0.15, 0.2) is 60.7 Å². The average Bonchev–Trinajstić information content (AvgIpc) is 3.06. The lowest BCUT2D eigenvalue weighted by Gasteiger charge is -2.50. The van der Waals surface area contributed by atoms with Crippen LogP contribution in [0.3, 0.4) is 0 Å². The number of rotatable bonds is 4. The molecule has 0 aliphatic carbocycles. The molecule has 2 aliphatic rings. The molecule has 3 aromatic carbocycles. The number of imide groups is 1. The van der Waals surface area contributed by atoms with E-state index in [-0.39, 0.29) is 11.1 Å². The van der Waals surface area contributed by atoms with Crippen molar-refractivity contribution >= 4 is 40.7 Å². The Hall–Kier alpha value is -4.11. The van der Waals surface area contributed by atoms with E-state index in [1.165, 1.54) is 41.3 Å². The lowest BCUT2D eigenvalue weighted by atomic mass is 9.85. The smallest absolute Gasteiger partial charge is 0.282 e. The normalized spacial score (nSPS) is 19.3. The minimum Gasteiger partial charge on any atom is -0.300 e. The molecule has 0 radical (unpaired) electrons. The number of fused-ring (bicyclic) bond motifs is 1. The standard InChI is InChI=1S/C24H15ClFN3O5/c1-12-16(25)5-3-6-17(12)27-20(13-8-10-14(26)11-9-13)21(24(27)32)28-22(30)15-4-2-7-18(29(33)34)19(15)23(28)31/h2-11,20-21H,1H3. The Morgan fingerprint density at radius 2 is 1.59 bits per heavy atom. The van der Waals surface area contributed by atoms with E-state index in [9.17, 15) is 28.9 Å². The van der Waals surface area contributed by atoms with Gasteiger partial charge in [-0.2, -0.15) is 0 Å². The summed E-state index contributed by atoms with van der Waals surface area (Å²) in [7, 11) is 0. The third kappa shape index (κ3) is 3.01. The fourth-order valence-corrected chi connectivity index (χ4v) is 4.70. The monoisotopic (exact) mass is 479 g/mol. The lowest BCUT2D eigenvalue weighted by Crippen LogP contribution is -2.67. The number of hydrogen-bond acceptors (Lipinski definition) is 5. The summed E-state index contributed by atoms with van der Waals surface area (Å²) >= 11 is 6.25. The zero-order valence-corrected chi connectivity index (χ0v) is 18.3. The molecule has 0 saturated carbocycles. The van der Waals surface area contributed by atoms with Crippen molar-refractivity contribution in [3.8, 4) is 0 Å². The first-order chi connectivity index (χ1) is 16.2. The number of nitro benzene ring substituents is 1. The topological polar surface area (TPSA) is 101 Å². The van der Waals surface area contributed by atoms with Gasteiger partial charge in [-0.1, -0.05) is 35.9 Å². The molecule has 5 rings (SSSR count). The first-order valence-electron chi connectivity index (χ1n) is 10.2. The fourth-order valence-electron chi connectivity index (χ4n) is 4.53. The molecule has 2 heterocycles. The molecule has 1 saturated heterocycles. The van der Waals surface area contributed by atoms with Gasteiger partial charge in [0.1, 0.15) is 17.4 Å². The number of β-lactam (4-membered cyclic amide) rings is 1. The van der Waals surface area contributed by atoms with Gasteiger partial charge in [0.2, 0.25) is 0 Å². The molecular weight excluding hydrogens is 465 g/mol. The van der Waals surface area contributed by atoms with Gasteiger partial charge in [-0.25, -0.2) is 4.39 Å².